The van der Waals surface area contributed by atoms with Gasteiger partial charge in [0.1, 0.15) is 0 Å². The average Bonchev–Trinajstić information content (AvgIpc) is 2.98. The molecule has 1 aromatic rings. The molecule has 17 heavy (non-hydrogen) atoms. The third kappa shape index (κ3) is 2.61. The zero-order valence-corrected chi connectivity index (χ0v) is 10.3. The molecule has 1 heteroatoms. The molecule has 2 bridgehead atoms. The molecule has 0 aliphatic heterocycles. The van der Waals surface area contributed by atoms with Gasteiger partial charge in [0.2, 0.25) is 0 Å². The summed E-state index contributed by atoms with van der Waals surface area (Å²) in [5.74, 6) is 2.77. The summed E-state index contributed by atoms with van der Waals surface area (Å²) in [4.78, 5) is 0. The van der Waals surface area contributed by atoms with Crippen molar-refractivity contribution in [3.63, 3.8) is 0 Å². The summed E-state index contributed by atoms with van der Waals surface area (Å²) in [5, 5.41) is 3.56. The molecule has 3 rings (SSSR count). The molecular formula is C16H21N. The van der Waals surface area contributed by atoms with E-state index in [1.54, 1.807) is 0 Å². The zero-order valence-electron chi connectivity index (χ0n) is 10.3. The van der Waals surface area contributed by atoms with Crippen LogP contribution in [-0.4, -0.2) is 6.54 Å². The van der Waals surface area contributed by atoms with Crippen LogP contribution in [0.1, 0.15) is 24.8 Å². The first kappa shape index (κ1) is 11.0. The highest BCUT2D eigenvalue weighted by Crippen LogP contribution is 2.44. The first-order chi connectivity index (χ1) is 8.42. The van der Waals surface area contributed by atoms with Crippen molar-refractivity contribution in [3.05, 3.63) is 48.0 Å². The summed E-state index contributed by atoms with van der Waals surface area (Å²) in [7, 11) is 0. The van der Waals surface area contributed by atoms with Crippen molar-refractivity contribution in [2.45, 2.75) is 25.8 Å². The average molecular weight is 227 g/mol. The summed E-state index contributed by atoms with van der Waals surface area (Å²) < 4.78 is 0. The predicted molar refractivity (Wildman–Crippen MR) is 71.6 cm³/mol. The Morgan fingerprint density at radius 3 is 2.65 bits per heavy atom. The standard InChI is InChI=1S/C16H21N/c1-2-4-13(5-3-1)12-17-9-8-16-11-14-6-7-15(16)10-14/h1-7,14-17H,8-12H2. The fourth-order valence-corrected chi connectivity index (χ4v) is 3.34. The van der Waals surface area contributed by atoms with E-state index in [1.165, 1.54) is 24.8 Å². The minimum absolute atomic E-state index is 0.901. The van der Waals surface area contributed by atoms with E-state index in [-0.39, 0.29) is 0 Å². The van der Waals surface area contributed by atoms with Crippen molar-refractivity contribution in [1.82, 2.24) is 5.32 Å². The molecule has 90 valence electrons. The fraction of sp³-hybridized carbons (Fsp3) is 0.500. The Hall–Kier alpha value is -1.08. The van der Waals surface area contributed by atoms with Crippen molar-refractivity contribution in [2.24, 2.45) is 17.8 Å². The summed E-state index contributed by atoms with van der Waals surface area (Å²) in [6, 6.07) is 10.7. The van der Waals surface area contributed by atoms with Crippen LogP contribution in [0, 0.1) is 17.8 Å². The molecule has 1 fully saturated rings. The van der Waals surface area contributed by atoms with Gasteiger partial charge in [0.05, 0.1) is 0 Å². The molecule has 2 aliphatic rings. The number of fused-ring (bicyclic) bond motifs is 2. The molecule has 1 nitrogen and oxygen atoms in total. The molecule has 2 aliphatic carbocycles. The second-order valence-corrected chi connectivity index (χ2v) is 5.49. The van der Waals surface area contributed by atoms with Crippen molar-refractivity contribution in [1.29, 1.82) is 0 Å². The number of hydrogen-bond donors (Lipinski definition) is 1. The lowest BCUT2D eigenvalue weighted by Gasteiger charge is -2.18. The van der Waals surface area contributed by atoms with Crippen LogP contribution in [-0.2, 0) is 6.54 Å². The van der Waals surface area contributed by atoms with Gasteiger partial charge < -0.3 is 5.32 Å². The van der Waals surface area contributed by atoms with Gasteiger partial charge in [-0.1, -0.05) is 42.5 Å². The van der Waals surface area contributed by atoms with Crippen LogP contribution in [0.4, 0.5) is 0 Å². The molecule has 1 N–H and O–H groups in total. The van der Waals surface area contributed by atoms with E-state index in [4.69, 9.17) is 0 Å². The van der Waals surface area contributed by atoms with Crippen molar-refractivity contribution >= 4 is 0 Å². The monoisotopic (exact) mass is 227 g/mol. The van der Waals surface area contributed by atoms with Crippen LogP contribution in [0.15, 0.2) is 42.5 Å². The minimum atomic E-state index is 0.901. The van der Waals surface area contributed by atoms with Gasteiger partial charge in [0.15, 0.2) is 0 Å². The quantitative estimate of drug-likeness (QED) is 0.600. The molecular weight excluding hydrogens is 206 g/mol. The lowest BCUT2D eigenvalue weighted by molar-refractivity contribution is 0.403. The van der Waals surface area contributed by atoms with Crippen LogP contribution in [0.25, 0.3) is 0 Å². The van der Waals surface area contributed by atoms with Crippen LogP contribution in [0.3, 0.4) is 0 Å². The lowest BCUT2D eigenvalue weighted by Crippen LogP contribution is -2.19. The highest BCUT2D eigenvalue weighted by atomic mass is 14.8. The van der Waals surface area contributed by atoms with Gasteiger partial charge in [0, 0.05) is 6.54 Å². The van der Waals surface area contributed by atoms with E-state index < -0.39 is 0 Å². The molecule has 3 unspecified atom stereocenters. The molecule has 0 saturated heterocycles. The fourth-order valence-electron chi connectivity index (χ4n) is 3.34. The number of benzene rings is 1. The van der Waals surface area contributed by atoms with Gasteiger partial charge in [0.25, 0.3) is 0 Å². The molecule has 0 heterocycles. The SMILES string of the molecule is C1=CC2CC1CC2CCNCc1ccccc1. The van der Waals surface area contributed by atoms with Gasteiger partial charge in [-0.05, 0) is 49.1 Å². The summed E-state index contributed by atoms with van der Waals surface area (Å²) in [6.45, 7) is 2.17. The van der Waals surface area contributed by atoms with E-state index in [9.17, 15) is 0 Å². The molecule has 0 radical (unpaired) electrons. The Kier molecular flexibility index (Phi) is 3.28. The highest BCUT2D eigenvalue weighted by molar-refractivity contribution is 5.14. The van der Waals surface area contributed by atoms with Gasteiger partial charge in [-0.15, -0.1) is 0 Å². The normalized spacial score (nSPS) is 30.0. The Morgan fingerprint density at radius 1 is 1.06 bits per heavy atom. The van der Waals surface area contributed by atoms with E-state index in [2.05, 4.69) is 47.8 Å². The predicted octanol–water partition coefficient (Wildman–Crippen LogP) is 3.38. The second-order valence-electron chi connectivity index (χ2n) is 5.49. The highest BCUT2D eigenvalue weighted by Gasteiger charge is 2.34. The topological polar surface area (TPSA) is 12.0 Å². The number of allylic oxidation sites excluding steroid dienone is 2. The van der Waals surface area contributed by atoms with Gasteiger partial charge in [-0.2, -0.15) is 0 Å². The minimum Gasteiger partial charge on any atom is -0.313 e. The molecule has 3 atom stereocenters. The number of nitrogens with one attached hydrogen (secondary N) is 1. The lowest BCUT2D eigenvalue weighted by atomic mass is 9.91. The second kappa shape index (κ2) is 5.05. The molecule has 0 spiro atoms. The largest absolute Gasteiger partial charge is 0.313 e. The van der Waals surface area contributed by atoms with Gasteiger partial charge in [-0.3, -0.25) is 0 Å². The third-order valence-corrected chi connectivity index (χ3v) is 4.28. The van der Waals surface area contributed by atoms with Gasteiger partial charge in [-0.25, -0.2) is 0 Å². The van der Waals surface area contributed by atoms with Crippen LogP contribution < -0.4 is 5.32 Å². The van der Waals surface area contributed by atoms with E-state index in [0.29, 0.717) is 0 Å². The molecule has 1 saturated carbocycles. The van der Waals surface area contributed by atoms with Crippen molar-refractivity contribution < 1.29 is 0 Å². The Bertz CT molecular complexity index is 382. The zero-order chi connectivity index (χ0) is 11.5. The molecule has 0 amide bonds. The van der Waals surface area contributed by atoms with Crippen molar-refractivity contribution in [3.8, 4) is 0 Å². The maximum absolute atomic E-state index is 3.56. The van der Waals surface area contributed by atoms with E-state index in [0.717, 1.165) is 30.8 Å². The third-order valence-electron chi connectivity index (χ3n) is 4.28. The summed E-state index contributed by atoms with van der Waals surface area (Å²) in [6.07, 6.45) is 9.10. The number of hydrogen-bond acceptors (Lipinski definition) is 1. The summed E-state index contributed by atoms with van der Waals surface area (Å²) >= 11 is 0. The maximum Gasteiger partial charge on any atom is 0.0205 e. The molecule has 0 aromatic heterocycles. The Labute approximate surface area is 104 Å². The molecule has 1 aromatic carbocycles. The maximum atomic E-state index is 3.56. The Morgan fingerprint density at radius 2 is 1.94 bits per heavy atom. The van der Waals surface area contributed by atoms with Crippen LogP contribution in [0.2, 0.25) is 0 Å². The van der Waals surface area contributed by atoms with Crippen LogP contribution >= 0.6 is 0 Å². The first-order valence-corrected chi connectivity index (χ1v) is 6.85. The van der Waals surface area contributed by atoms with E-state index in [1.807, 2.05) is 0 Å². The van der Waals surface area contributed by atoms with Crippen LogP contribution in [0.5, 0.6) is 0 Å². The first-order valence-electron chi connectivity index (χ1n) is 6.85. The Balaban J connectivity index is 1.37. The smallest absolute Gasteiger partial charge is 0.0205 e. The van der Waals surface area contributed by atoms with Crippen molar-refractivity contribution in [2.75, 3.05) is 6.54 Å². The van der Waals surface area contributed by atoms with Gasteiger partial charge >= 0.3 is 0 Å². The van der Waals surface area contributed by atoms with E-state index >= 15 is 0 Å². The number of rotatable bonds is 5. The summed E-state index contributed by atoms with van der Waals surface area (Å²) in [5.41, 5.74) is 1.39.